The zero-order chi connectivity index (χ0) is 25.0. The number of anilines is 1. The summed E-state index contributed by atoms with van der Waals surface area (Å²) in [6, 6.07) is 32.3. The summed E-state index contributed by atoms with van der Waals surface area (Å²) in [5.41, 5.74) is 2.10. The van der Waals surface area contributed by atoms with E-state index in [-0.39, 0.29) is 12.6 Å². The predicted octanol–water partition coefficient (Wildman–Crippen LogP) is 3.52. The van der Waals surface area contributed by atoms with Gasteiger partial charge in [-0.2, -0.15) is 4.98 Å². The number of rotatable bonds is 8. The lowest BCUT2D eigenvalue weighted by molar-refractivity contribution is -0.0299. The van der Waals surface area contributed by atoms with Gasteiger partial charge in [-0.05, 0) is 22.8 Å². The molecule has 3 N–H and O–H groups in total. The van der Waals surface area contributed by atoms with Crippen molar-refractivity contribution in [2.45, 2.75) is 30.3 Å². The van der Waals surface area contributed by atoms with E-state index < -0.39 is 23.6 Å². The Labute approximate surface area is 210 Å². The first-order valence-electron chi connectivity index (χ1n) is 12.1. The van der Waals surface area contributed by atoms with Gasteiger partial charge in [0.2, 0.25) is 0 Å². The van der Waals surface area contributed by atoms with Crippen LogP contribution in [0.15, 0.2) is 108 Å². The van der Waals surface area contributed by atoms with Crippen LogP contribution in [0.25, 0.3) is 0 Å². The van der Waals surface area contributed by atoms with Crippen LogP contribution in [0.5, 0.6) is 0 Å². The van der Waals surface area contributed by atoms with Crippen LogP contribution in [-0.2, 0) is 10.3 Å². The van der Waals surface area contributed by atoms with Crippen molar-refractivity contribution in [2.75, 3.05) is 19.0 Å². The Balaban J connectivity index is 1.60. The zero-order valence-corrected chi connectivity index (χ0v) is 20.1. The lowest BCUT2D eigenvalue weighted by atomic mass is 9.76. The first-order valence-corrected chi connectivity index (χ1v) is 12.1. The standard InChI is InChI=1S/C29H30N4O3/c1-30-26-17-18-33(28(35)31-26)27-19-24(25(20-34)36-27)32-29(21-11-5-2-6-12-21,22-13-7-3-8-14-22)23-15-9-4-10-16-23/h2-18,24-25,27,32,34H,19-20H2,1H3,(H,30,31,35). The molecule has 0 radical (unpaired) electrons. The van der Waals surface area contributed by atoms with Gasteiger partial charge >= 0.3 is 5.69 Å². The van der Waals surface area contributed by atoms with Gasteiger partial charge in [0, 0.05) is 25.7 Å². The maximum Gasteiger partial charge on any atom is 0.351 e. The Morgan fingerprint density at radius 3 is 1.89 bits per heavy atom. The van der Waals surface area contributed by atoms with E-state index in [0.717, 1.165) is 16.7 Å². The lowest BCUT2D eigenvalue weighted by Gasteiger charge is -2.40. The van der Waals surface area contributed by atoms with E-state index in [2.05, 4.69) is 52.0 Å². The summed E-state index contributed by atoms with van der Waals surface area (Å²) < 4.78 is 7.69. The summed E-state index contributed by atoms with van der Waals surface area (Å²) in [7, 11) is 1.72. The molecule has 1 aromatic heterocycles. The fourth-order valence-electron chi connectivity index (χ4n) is 5.09. The fraction of sp³-hybridized carbons (Fsp3) is 0.241. The van der Waals surface area contributed by atoms with Gasteiger partial charge in [0.25, 0.3) is 0 Å². The molecule has 1 fully saturated rings. The molecule has 0 aliphatic carbocycles. The Morgan fingerprint density at radius 1 is 0.917 bits per heavy atom. The van der Waals surface area contributed by atoms with Gasteiger partial charge in [-0.3, -0.25) is 9.88 Å². The smallest absolute Gasteiger partial charge is 0.351 e. The molecule has 0 spiro atoms. The molecule has 2 heterocycles. The molecule has 3 aromatic carbocycles. The number of aromatic nitrogens is 2. The number of aliphatic hydroxyl groups is 1. The van der Waals surface area contributed by atoms with Crippen LogP contribution in [0.2, 0.25) is 0 Å². The van der Waals surface area contributed by atoms with E-state index >= 15 is 0 Å². The van der Waals surface area contributed by atoms with E-state index in [1.165, 1.54) is 4.57 Å². The highest BCUT2D eigenvalue weighted by Gasteiger charge is 2.44. The van der Waals surface area contributed by atoms with E-state index in [1.807, 2.05) is 54.6 Å². The summed E-state index contributed by atoms with van der Waals surface area (Å²) in [5, 5.41) is 17.1. The Hall–Kier alpha value is -3.78. The SMILES string of the molecule is CNc1ccn(C2CC(NC(c3ccccc3)(c3ccccc3)c3ccccc3)C(CO)O2)c(=O)n1. The number of hydrogen-bond acceptors (Lipinski definition) is 6. The van der Waals surface area contributed by atoms with Crippen LogP contribution in [0.4, 0.5) is 5.82 Å². The van der Waals surface area contributed by atoms with Gasteiger partial charge < -0.3 is 15.2 Å². The molecule has 184 valence electrons. The largest absolute Gasteiger partial charge is 0.394 e. The average Bonchev–Trinajstić information content (AvgIpc) is 3.35. The lowest BCUT2D eigenvalue weighted by Crippen LogP contribution is -2.53. The van der Waals surface area contributed by atoms with Crippen molar-refractivity contribution in [1.29, 1.82) is 0 Å². The number of ether oxygens (including phenoxy) is 1. The first-order chi connectivity index (χ1) is 17.7. The van der Waals surface area contributed by atoms with Crippen molar-refractivity contribution in [3.63, 3.8) is 0 Å². The molecule has 7 nitrogen and oxygen atoms in total. The topological polar surface area (TPSA) is 88.4 Å². The summed E-state index contributed by atoms with van der Waals surface area (Å²) in [6.07, 6.45) is 1.11. The van der Waals surface area contributed by atoms with Crippen LogP contribution in [0.1, 0.15) is 29.3 Å². The minimum absolute atomic E-state index is 0.181. The molecular weight excluding hydrogens is 452 g/mol. The first kappa shape index (κ1) is 23.9. The molecule has 4 aromatic rings. The molecular formula is C29H30N4O3. The third-order valence-electron chi connectivity index (χ3n) is 6.83. The zero-order valence-electron chi connectivity index (χ0n) is 20.1. The average molecular weight is 483 g/mol. The molecule has 0 bridgehead atoms. The number of hydrogen-bond donors (Lipinski definition) is 3. The van der Waals surface area contributed by atoms with Crippen LogP contribution in [-0.4, -0.2) is 40.5 Å². The molecule has 0 saturated carbocycles. The minimum atomic E-state index is -0.709. The third-order valence-corrected chi connectivity index (χ3v) is 6.83. The maximum atomic E-state index is 12.7. The van der Waals surface area contributed by atoms with Crippen LogP contribution < -0.4 is 16.3 Å². The van der Waals surface area contributed by atoms with Gasteiger partial charge in [0.1, 0.15) is 12.0 Å². The van der Waals surface area contributed by atoms with Crippen molar-refractivity contribution >= 4 is 5.82 Å². The molecule has 1 aliphatic heterocycles. The number of benzene rings is 3. The normalized spacial score (nSPS) is 19.8. The quantitative estimate of drug-likeness (QED) is 0.333. The van der Waals surface area contributed by atoms with E-state index in [9.17, 15) is 9.90 Å². The van der Waals surface area contributed by atoms with Crippen LogP contribution >= 0.6 is 0 Å². The molecule has 36 heavy (non-hydrogen) atoms. The van der Waals surface area contributed by atoms with Crippen molar-refractivity contribution in [1.82, 2.24) is 14.9 Å². The van der Waals surface area contributed by atoms with E-state index in [0.29, 0.717) is 12.2 Å². The van der Waals surface area contributed by atoms with Crippen molar-refractivity contribution in [3.05, 3.63) is 130 Å². The Morgan fingerprint density at radius 2 is 1.44 bits per heavy atom. The monoisotopic (exact) mass is 482 g/mol. The number of aliphatic hydroxyl groups excluding tert-OH is 1. The van der Waals surface area contributed by atoms with Crippen LogP contribution in [0.3, 0.4) is 0 Å². The van der Waals surface area contributed by atoms with E-state index in [4.69, 9.17) is 4.74 Å². The van der Waals surface area contributed by atoms with Crippen molar-refractivity contribution in [3.8, 4) is 0 Å². The predicted molar refractivity (Wildman–Crippen MR) is 140 cm³/mol. The fourth-order valence-corrected chi connectivity index (χ4v) is 5.09. The van der Waals surface area contributed by atoms with E-state index in [1.54, 1.807) is 19.3 Å². The van der Waals surface area contributed by atoms with Gasteiger partial charge in [-0.1, -0.05) is 91.0 Å². The third kappa shape index (κ3) is 4.44. The summed E-state index contributed by atoms with van der Waals surface area (Å²) >= 11 is 0. The van der Waals surface area contributed by atoms with Crippen molar-refractivity contribution in [2.24, 2.45) is 0 Å². The van der Waals surface area contributed by atoms with Gasteiger partial charge in [0.15, 0.2) is 0 Å². The molecule has 3 unspecified atom stereocenters. The second-order valence-corrected chi connectivity index (χ2v) is 8.90. The number of nitrogens with one attached hydrogen (secondary N) is 2. The summed E-state index contributed by atoms with van der Waals surface area (Å²) in [5.74, 6) is 0.499. The van der Waals surface area contributed by atoms with Gasteiger partial charge in [0.05, 0.1) is 18.2 Å². The molecule has 7 heteroatoms. The molecule has 3 atom stereocenters. The molecule has 1 saturated heterocycles. The van der Waals surface area contributed by atoms with Crippen LogP contribution in [0, 0.1) is 0 Å². The maximum absolute atomic E-state index is 12.7. The Bertz CT molecular complexity index is 1230. The highest BCUT2D eigenvalue weighted by Crippen LogP contribution is 2.40. The highest BCUT2D eigenvalue weighted by atomic mass is 16.5. The number of nitrogens with zero attached hydrogens (tertiary/aromatic N) is 2. The second kappa shape index (κ2) is 10.5. The molecule has 5 rings (SSSR count). The molecule has 0 amide bonds. The Kier molecular flexibility index (Phi) is 6.95. The summed E-state index contributed by atoms with van der Waals surface area (Å²) in [6.45, 7) is -0.181. The van der Waals surface area contributed by atoms with Gasteiger partial charge in [-0.15, -0.1) is 0 Å². The van der Waals surface area contributed by atoms with Gasteiger partial charge in [-0.25, -0.2) is 4.79 Å². The molecule has 1 aliphatic rings. The second-order valence-electron chi connectivity index (χ2n) is 8.90. The minimum Gasteiger partial charge on any atom is -0.394 e. The van der Waals surface area contributed by atoms with Crippen molar-refractivity contribution < 1.29 is 9.84 Å². The highest BCUT2D eigenvalue weighted by molar-refractivity contribution is 5.49. The summed E-state index contributed by atoms with van der Waals surface area (Å²) in [4.78, 5) is 16.7.